The first-order valence-electron chi connectivity index (χ1n) is 9.67. The van der Waals surface area contributed by atoms with Crippen LogP contribution in [0, 0.1) is 17.3 Å². The van der Waals surface area contributed by atoms with Crippen molar-refractivity contribution in [2.45, 2.75) is 76.9 Å². The molecule has 0 radical (unpaired) electrons. The van der Waals surface area contributed by atoms with E-state index in [4.69, 9.17) is 0 Å². The lowest BCUT2D eigenvalue weighted by atomic mass is 9.55. The molecule has 1 aromatic carbocycles. The zero-order valence-corrected chi connectivity index (χ0v) is 14.8. The van der Waals surface area contributed by atoms with Crippen molar-refractivity contribution in [3.05, 3.63) is 28.8 Å². The Morgan fingerprint density at radius 1 is 1.21 bits per heavy atom. The second kappa shape index (κ2) is 5.74. The molecular weight excluding hydrogens is 300 g/mol. The number of hydrogen-bond acceptors (Lipinski definition) is 3. The number of aromatic hydroxyl groups is 1. The number of benzene rings is 1. The van der Waals surface area contributed by atoms with Gasteiger partial charge < -0.3 is 15.3 Å². The Balaban J connectivity index is 1.72. The molecule has 3 aliphatic rings. The molecule has 0 saturated heterocycles. The van der Waals surface area contributed by atoms with Crippen LogP contribution in [0.2, 0.25) is 0 Å². The van der Waals surface area contributed by atoms with Crippen LogP contribution in [0.4, 0.5) is 0 Å². The van der Waals surface area contributed by atoms with Crippen LogP contribution in [0.15, 0.2) is 12.1 Å². The minimum Gasteiger partial charge on any atom is -0.508 e. The highest BCUT2D eigenvalue weighted by molar-refractivity contribution is 5.46. The number of rotatable bonds is 2. The fraction of sp³-hybridized carbons (Fsp3) is 0.714. The maximum absolute atomic E-state index is 10.5. The van der Waals surface area contributed by atoms with Gasteiger partial charge in [0.2, 0.25) is 0 Å². The van der Waals surface area contributed by atoms with Gasteiger partial charge in [-0.05, 0) is 91.4 Å². The van der Waals surface area contributed by atoms with Crippen molar-refractivity contribution in [1.29, 1.82) is 0 Å². The summed E-state index contributed by atoms with van der Waals surface area (Å²) in [4.78, 5) is 0. The van der Waals surface area contributed by atoms with Gasteiger partial charge in [0.05, 0.1) is 12.2 Å². The molecule has 0 aliphatic heterocycles. The Bertz CT molecular complexity index is 640. The summed E-state index contributed by atoms with van der Waals surface area (Å²) in [6, 6.07) is 3.99. The lowest BCUT2D eigenvalue weighted by Gasteiger charge is -2.50. The molecule has 0 aromatic heterocycles. The molecule has 0 spiro atoms. The Hall–Kier alpha value is -1.06. The van der Waals surface area contributed by atoms with Crippen LogP contribution in [0.1, 0.15) is 81.1 Å². The predicted octanol–water partition coefficient (Wildman–Crippen LogP) is 4.05. The van der Waals surface area contributed by atoms with Crippen LogP contribution in [0.25, 0.3) is 0 Å². The fourth-order valence-electron chi connectivity index (χ4n) is 6.09. The fourth-order valence-corrected chi connectivity index (χ4v) is 6.09. The van der Waals surface area contributed by atoms with Gasteiger partial charge in [0.25, 0.3) is 0 Å². The normalized spacial score (nSPS) is 39.0. The van der Waals surface area contributed by atoms with Crippen molar-refractivity contribution < 1.29 is 15.3 Å². The standard InChI is InChI=1S/C21H30O3/c1-3-18(22)16-11-15-12(10-19(16)23)4-5-14-13(15)8-9-21(2)17(14)6-7-20(21)24/h10-11,13-14,17-18,20,22-24H,3-9H2,1-2H3/t13-,14+,17-,18?,20+,21-/m0/s1. The number of aliphatic hydroxyl groups excluding tert-OH is 2. The number of phenolic OH excluding ortho intramolecular Hbond substituents is 1. The van der Waals surface area contributed by atoms with E-state index in [1.165, 1.54) is 17.5 Å². The molecule has 2 saturated carbocycles. The molecule has 1 aromatic rings. The van der Waals surface area contributed by atoms with E-state index in [1.807, 2.05) is 13.0 Å². The van der Waals surface area contributed by atoms with E-state index in [2.05, 4.69) is 13.0 Å². The summed E-state index contributed by atoms with van der Waals surface area (Å²) in [5, 5.41) is 31.0. The molecule has 6 atom stereocenters. The van der Waals surface area contributed by atoms with Crippen LogP contribution in [-0.4, -0.2) is 21.4 Å². The first-order chi connectivity index (χ1) is 11.5. The lowest BCUT2D eigenvalue weighted by molar-refractivity contribution is -0.0226. The molecule has 4 rings (SSSR count). The van der Waals surface area contributed by atoms with E-state index in [0.717, 1.165) is 32.1 Å². The van der Waals surface area contributed by atoms with Gasteiger partial charge in [-0.25, -0.2) is 0 Å². The highest BCUT2D eigenvalue weighted by Gasteiger charge is 2.54. The molecule has 3 N–H and O–H groups in total. The summed E-state index contributed by atoms with van der Waals surface area (Å²) in [6.45, 7) is 4.24. The Labute approximate surface area is 144 Å². The first kappa shape index (κ1) is 16.4. The molecule has 3 heteroatoms. The largest absolute Gasteiger partial charge is 0.508 e. The summed E-state index contributed by atoms with van der Waals surface area (Å²) < 4.78 is 0. The molecule has 24 heavy (non-hydrogen) atoms. The van der Waals surface area contributed by atoms with Gasteiger partial charge in [-0.2, -0.15) is 0 Å². The van der Waals surface area contributed by atoms with Gasteiger partial charge in [0, 0.05) is 5.56 Å². The summed E-state index contributed by atoms with van der Waals surface area (Å²) in [7, 11) is 0. The highest BCUT2D eigenvalue weighted by Crippen LogP contribution is 2.61. The average molecular weight is 330 g/mol. The van der Waals surface area contributed by atoms with Gasteiger partial charge >= 0.3 is 0 Å². The molecule has 0 heterocycles. The van der Waals surface area contributed by atoms with Gasteiger partial charge in [-0.3, -0.25) is 0 Å². The smallest absolute Gasteiger partial charge is 0.121 e. The van der Waals surface area contributed by atoms with Crippen LogP contribution >= 0.6 is 0 Å². The molecule has 132 valence electrons. The average Bonchev–Trinajstić information content (AvgIpc) is 2.88. The van der Waals surface area contributed by atoms with E-state index in [-0.39, 0.29) is 17.3 Å². The molecule has 3 aliphatic carbocycles. The molecule has 0 bridgehead atoms. The van der Waals surface area contributed by atoms with Crippen molar-refractivity contribution in [3.63, 3.8) is 0 Å². The van der Waals surface area contributed by atoms with Crippen molar-refractivity contribution in [3.8, 4) is 5.75 Å². The SMILES string of the molecule is CCC(O)c1cc2c(cc1O)CC[C@@H]1[C@@H]2CC[C@]2(C)[C@H](O)CC[C@@H]12. The van der Waals surface area contributed by atoms with E-state index in [1.54, 1.807) is 0 Å². The highest BCUT2D eigenvalue weighted by atomic mass is 16.3. The van der Waals surface area contributed by atoms with E-state index >= 15 is 0 Å². The van der Waals surface area contributed by atoms with Crippen molar-refractivity contribution >= 4 is 0 Å². The monoisotopic (exact) mass is 330 g/mol. The zero-order chi connectivity index (χ0) is 17.1. The number of hydrogen-bond donors (Lipinski definition) is 3. The van der Waals surface area contributed by atoms with Gasteiger partial charge in [-0.15, -0.1) is 0 Å². The number of fused-ring (bicyclic) bond motifs is 5. The van der Waals surface area contributed by atoms with Crippen LogP contribution in [-0.2, 0) is 6.42 Å². The summed E-state index contributed by atoms with van der Waals surface area (Å²) in [5.41, 5.74) is 3.41. The van der Waals surface area contributed by atoms with Crippen molar-refractivity contribution in [1.82, 2.24) is 0 Å². The quantitative estimate of drug-likeness (QED) is 0.766. The minimum absolute atomic E-state index is 0.0986. The Morgan fingerprint density at radius 2 is 2.00 bits per heavy atom. The molecular formula is C21H30O3. The molecule has 0 amide bonds. The van der Waals surface area contributed by atoms with E-state index < -0.39 is 6.10 Å². The molecule has 2 fully saturated rings. The van der Waals surface area contributed by atoms with E-state index in [9.17, 15) is 15.3 Å². The summed E-state index contributed by atoms with van der Waals surface area (Å²) >= 11 is 0. The summed E-state index contributed by atoms with van der Waals surface area (Å²) in [6.07, 6.45) is 6.38. The number of aryl methyl sites for hydroxylation is 1. The summed E-state index contributed by atoms with van der Waals surface area (Å²) in [5.74, 6) is 2.04. The third kappa shape index (κ3) is 2.24. The second-order valence-corrected chi connectivity index (χ2v) is 8.59. The Morgan fingerprint density at radius 3 is 2.75 bits per heavy atom. The Kier molecular flexibility index (Phi) is 3.92. The second-order valence-electron chi connectivity index (χ2n) is 8.59. The minimum atomic E-state index is -0.585. The van der Waals surface area contributed by atoms with Crippen LogP contribution in [0.3, 0.4) is 0 Å². The van der Waals surface area contributed by atoms with Gasteiger partial charge in [0.15, 0.2) is 0 Å². The molecule has 3 nitrogen and oxygen atoms in total. The van der Waals surface area contributed by atoms with Crippen molar-refractivity contribution in [2.75, 3.05) is 0 Å². The van der Waals surface area contributed by atoms with Gasteiger partial charge in [0.1, 0.15) is 5.75 Å². The van der Waals surface area contributed by atoms with Crippen LogP contribution < -0.4 is 0 Å². The number of aliphatic hydroxyl groups is 2. The topological polar surface area (TPSA) is 60.7 Å². The van der Waals surface area contributed by atoms with E-state index in [0.29, 0.717) is 29.7 Å². The van der Waals surface area contributed by atoms with Gasteiger partial charge in [-0.1, -0.05) is 13.8 Å². The zero-order valence-electron chi connectivity index (χ0n) is 14.8. The number of phenols is 1. The predicted molar refractivity (Wildman–Crippen MR) is 94.0 cm³/mol. The lowest BCUT2D eigenvalue weighted by Crippen LogP contribution is -2.43. The third-order valence-electron chi connectivity index (χ3n) is 7.57. The van der Waals surface area contributed by atoms with Crippen molar-refractivity contribution in [2.24, 2.45) is 17.3 Å². The first-order valence-corrected chi connectivity index (χ1v) is 9.67. The molecule has 1 unspecified atom stereocenters. The maximum Gasteiger partial charge on any atom is 0.121 e. The van der Waals surface area contributed by atoms with Crippen LogP contribution in [0.5, 0.6) is 5.75 Å². The maximum atomic E-state index is 10.5. The third-order valence-corrected chi connectivity index (χ3v) is 7.57.